The zero-order valence-electron chi connectivity index (χ0n) is 6.75. The molecule has 0 radical (unpaired) electrons. The van der Waals surface area contributed by atoms with Gasteiger partial charge in [-0.25, -0.2) is 0 Å². The van der Waals surface area contributed by atoms with Crippen LogP contribution in [0.1, 0.15) is 19.8 Å². The minimum absolute atomic E-state index is 0.250. The maximum absolute atomic E-state index is 10.5. The van der Waals surface area contributed by atoms with Crippen LogP contribution in [0.4, 0.5) is 0 Å². The van der Waals surface area contributed by atoms with Crippen molar-refractivity contribution in [2.75, 3.05) is 13.1 Å². The highest BCUT2D eigenvalue weighted by atomic mass is 16.7. The first-order chi connectivity index (χ1) is 5.18. The molecule has 1 rings (SSSR count). The third-order valence-electron chi connectivity index (χ3n) is 1.76. The summed E-state index contributed by atoms with van der Waals surface area (Å²) in [6.45, 7) is 2.94. The molecule has 4 nitrogen and oxygen atoms in total. The highest BCUT2D eigenvalue weighted by Gasteiger charge is 2.17. The first-order valence-electron chi connectivity index (χ1n) is 3.87. The van der Waals surface area contributed by atoms with E-state index in [0.717, 1.165) is 25.9 Å². The van der Waals surface area contributed by atoms with Gasteiger partial charge in [-0.1, -0.05) is 0 Å². The van der Waals surface area contributed by atoms with Gasteiger partial charge < -0.3 is 10.6 Å². The Labute approximate surface area is 66.3 Å². The molecule has 0 bridgehead atoms. The Bertz CT molecular complexity index is 141. The number of piperidine rings is 1. The molecule has 0 aromatic rings. The lowest BCUT2D eigenvalue weighted by atomic mass is 10.1. The van der Waals surface area contributed by atoms with Crippen LogP contribution in [0.5, 0.6) is 0 Å². The number of hydroxylamine groups is 2. The Kier molecular flexibility index (Phi) is 2.84. The zero-order chi connectivity index (χ0) is 8.27. The van der Waals surface area contributed by atoms with Crippen molar-refractivity contribution in [3.63, 3.8) is 0 Å². The Morgan fingerprint density at radius 2 is 2.09 bits per heavy atom. The largest absolute Gasteiger partial charge is 0.368 e. The topological polar surface area (TPSA) is 55.6 Å². The van der Waals surface area contributed by atoms with E-state index in [1.165, 1.54) is 6.92 Å². The summed E-state index contributed by atoms with van der Waals surface area (Å²) in [5.74, 6) is -0.250. The van der Waals surface area contributed by atoms with Crippen LogP contribution in [-0.2, 0) is 9.63 Å². The van der Waals surface area contributed by atoms with Crippen molar-refractivity contribution in [3.05, 3.63) is 0 Å². The van der Waals surface area contributed by atoms with E-state index >= 15 is 0 Å². The van der Waals surface area contributed by atoms with Gasteiger partial charge in [0.05, 0.1) is 0 Å². The third-order valence-corrected chi connectivity index (χ3v) is 1.76. The van der Waals surface area contributed by atoms with Crippen LogP contribution in [0.2, 0.25) is 0 Å². The van der Waals surface area contributed by atoms with Crippen molar-refractivity contribution in [2.24, 2.45) is 5.73 Å². The molecule has 1 aliphatic heterocycles. The highest BCUT2D eigenvalue weighted by Crippen LogP contribution is 2.07. The Morgan fingerprint density at radius 1 is 1.55 bits per heavy atom. The molecular weight excluding hydrogens is 144 g/mol. The summed E-state index contributed by atoms with van der Waals surface area (Å²) in [6.07, 6.45) is 1.82. The fourth-order valence-electron chi connectivity index (χ4n) is 1.15. The molecule has 0 spiro atoms. The van der Waals surface area contributed by atoms with Crippen LogP contribution in [0.3, 0.4) is 0 Å². The molecule has 0 aromatic carbocycles. The number of nitrogens with zero attached hydrogens (tertiary/aromatic N) is 1. The van der Waals surface area contributed by atoms with Crippen molar-refractivity contribution < 1.29 is 9.63 Å². The van der Waals surface area contributed by atoms with E-state index in [2.05, 4.69) is 0 Å². The van der Waals surface area contributed by atoms with Gasteiger partial charge in [-0.2, -0.15) is 0 Å². The lowest BCUT2D eigenvalue weighted by Crippen LogP contribution is -2.40. The first kappa shape index (κ1) is 8.49. The summed E-state index contributed by atoms with van der Waals surface area (Å²) >= 11 is 0. The van der Waals surface area contributed by atoms with E-state index in [0.29, 0.717) is 0 Å². The molecule has 0 aromatic heterocycles. The monoisotopic (exact) mass is 158 g/mol. The van der Waals surface area contributed by atoms with Crippen LogP contribution in [0, 0.1) is 0 Å². The molecule has 1 heterocycles. The van der Waals surface area contributed by atoms with Crippen LogP contribution in [-0.4, -0.2) is 30.2 Å². The van der Waals surface area contributed by atoms with Crippen molar-refractivity contribution in [1.29, 1.82) is 0 Å². The van der Waals surface area contributed by atoms with Gasteiger partial charge in [0.25, 0.3) is 0 Å². The van der Waals surface area contributed by atoms with Gasteiger partial charge in [0, 0.05) is 26.1 Å². The Hall–Kier alpha value is -0.610. The summed E-state index contributed by atoms with van der Waals surface area (Å²) in [5.41, 5.74) is 5.66. The second-order valence-corrected chi connectivity index (χ2v) is 2.85. The van der Waals surface area contributed by atoms with Gasteiger partial charge in [-0.15, -0.1) is 5.06 Å². The van der Waals surface area contributed by atoms with Crippen LogP contribution < -0.4 is 5.73 Å². The molecule has 1 fully saturated rings. The van der Waals surface area contributed by atoms with Crippen molar-refractivity contribution in [1.82, 2.24) is 5.06 Å². The van der Waals surface area contributed by atoms with Crippen molar-refractivity contribution in [2.45, 2.75) is 25.8 Å². The Morgan fingerprint density at radius 3 is 2.55 bits per heavy atom. The first-order valence-corrected chi connectivity index (χ1v) is 3.87. The molecule has 64 valence electrons. The van der Waals surface area contributed by atoms with E-state index in [1.54, 1.807) is 5.06 Å². The van der Waals surface area contributed by atoms with E-state index in [-0.39, 0.29) is 12.0 Å². The standard InChI is InChI=1S/C7H14N2O2/c1-6(10)11-9-4-2-7(8)3-5-9/h7H,2-5,8H2,1H3. The van der Waals surface area contributed by atoms with Gasteiger partial charge >= 0.3 is 5.97 Å². The Balaban J connectivity index is 2.22. The van der Waals surface area contributed by atoms with Crippen molar-refractivity contribution >= 4 is 5.97 Å². The second-order valence-electron chi connectivity index (χ2n) is 2.85. The minimum Gasteiger partial charge on any atom is -0.368 e. The smallest absolute Gasteiger partial charge is 0.322 e. The maximum Gasteiger partial charge on any atom is 0.322 e. The van der Waals surface area contributed by atoms with Crippen LogP contribution in [0.15, 0.2) is 0 Å². The molecule has 11 heavy (non-hydrogen) atoms. The summed E-state index contributed by atoms with van der Waals surface area (Å²) < 4.78 is 0. The number of carbonyl (C=O) groups excluding carboxylic acids is 1. The van der Waals surface area contributed by atoms with E-state index in [9.17, 15) is 4.79 Å². The van der Waals surface area contributed by atoms with Crippen LogP contribution >= 0.6 is 0 Å². The molecule has 0 unspecified atom stereocenters. The summed E-state index contributed by atoms with van der Waals surface area (Å²) in [6, 6.07) is 0.279. The lowest BCUT2D eigenvalue weighted by Gasteiger charge is -2.27. The predicted octanol–water partition coefficient (Wildman–Crippen LogP) is -0.112. The third kappa shape index (κ3) is 2.86. The molecule has 1 aliphatic rings. The van der Waals surface area contributed by atoms with E-state index in [4.69, 9.17) is 10.6 Å². The number of rotatable bonds is 1. The molecule has 2 N–H and O–H groups in total. The van der Waals surface area contributed by atoms with Gasteiger partial charge in [-0.05, 0) is 12.8 Å². The summed E-state index contributed by atoms with van der Waals surface area (Å²) in [7, 11) is 0. The summed E-state index contributed by atoms with van der Waals surface area (Å²) in [5, 5.41) is 1.67. The molecule has 0 saturated carbocycles. The lowest BCUT2D eigenvalue weighted by molar-refractivity contribution is -0.192. The predicted molar refractivity (Wildman–Crippen MR) is 40.5 cm³/mol. The normalized spacial score (nSPS) is 21.6. The molecule has 0 aliphatic carbocycles. The highest BCUT2D eigenvalue weighted by molar-refractivity contribution is 5.65. The molecule has 0 amide bonds. The quantitative estimate of drug-likeness (QED) is 0.578. The number of hydrogen-bond donors (Lipinski definition) is 1. The number of nitrogens with two attached hydrogens (primary N) is 1. The SMILES string of the molecule is CC(=O)ON1CCC(N)CC1. The average Bonchev–Trinajstić information content (AvgIpc) is 1.93. The van der Waals surface area contributed by atoms with Gasteiger partial charge in [-0.3, -0.25) is 4.79 Å². The number of carbonyl (C=O) groups is 1. The van der Waals surface area contributed by atoms with Gasteiger partial charge in [0.2, 0.25) is 0 Å². The number of hydrogen-bond acceptors (Lipinski definition) is 4. The maximum atomic E-state index is 10.5. The fourth-order valence-corrected chi connectivity index (χ4v) is 1.15. The second kappa shape index (κ2) is 3.69. The van der Waals surface area contributed by atoms with Gasteiger partial charge in [0.15, 0.2) is 0 Å². The fraction of sp³-hybridized carbons (Fsp3) is 0.857. The van der Waals surface area contributed by atoms with E-state index < -0.39 is 0 Å². The van der Waals surface area contributed by atoms with Crippen molar-refractivity contribution in [3.8, 4) is 0 Å². The minimum atomic E-state index is -0.250. The molecule has 4 heteroatoms. The summed E-state index contributed by atoms with van der Waals surface area (Å²) in [4.78, 5) is 15.4. The van der Waals surface area contributed by atoms with E-state index in [1.807, 2.05) is 0 Å². The van der Waals surface area contributed by atoms with Gasteiger partial charge in [0.1, 0.15) is 0 Å². The average molecular weight is 158 g/mol. The zero-order valence-corrected chi connectivity index (χ0v) is 6.75. The molecule has 1 saturated heterocycles. The van der Waals surface area contributed by atoms with Crippen LogP contribution in [0.25, 0.3) is 0 Å². The molecule has 0 atom stereocenters. The molecular formula is C7H14N2O2.